The first kappa shape index (κ1) is 21.0. The predicted molar refractivity (Wildman–Crippen MR) is 102 cm³/mol. The Morgan fingerprint density at radius 1 is 1.25 bits per heavy atom. The van der Waals surface area contributed by atoms with E-state index in [4.69, 9.17) is 5.73 Å². The molecule has 1 atom stereocenters. The maximum absolute atomic E-state index is 13.0. The van der Waals surface area contributed by atoms with Crippen LogP contribution in [0, 0.1) is 5.41 Å². The zero-order valence-corrected chi connectivity index (χ0v) is 16.0. The number of anilines is 1. The highest BCUT2D eigenvalue weighted by Gasteiger charge is 2.36. The molecule has 1 amide bonds. The molecule has 0 saturated carbocycles. The molecule has 0 radical (unpaired) electrons. The Bertz CT molecular complexity index is 561. The van der Waals surface area contributed by atoms with Crippen molar-refractivity contribution >= 4 is 36.5 Å². The third-order valence-corrected chi connectivity index (χ3v) is 5.02. The maximum Gasteiger partial charge on any atom is 0.257 e. The van der Waals surface area contributed by atoms with Crippen LogP contribution in [0.3, 0.4) is 0 Å². The maximum atomic E-state index is 13.0. The van der Waals surface area contributed by atoms with E-state index in [2.05, 4.69) is 23.7 Å². The van der Waals surface area contributed by atoms with E-state index in [1.807, 2.05) is 17.0 Å². The second-order valence-corrected chi connectivity index (χ2v) is 7.18. The van der Waals surface area contributed by atoms with Crippen molar-refractivity contribution in [1.29, 1.82) is 0 Å². The van der Waals surface area contributed by atoms with E-state index in [1.54, 1.807) is 6.20 Å². The van der Waals surface area contributed by atoms with Crippen LogP contribution in [0.4, 0.5) is 5.82 Å². The van der Waals surface area contributed by atoms with E-state index >= 15 is 0 Å². The predicted octanol–water partition coefficient (Wildman–Crippen LogP) is 2.72. The van der Waals surface area contributed by atoms with Crippen molar-refractivity contribution in [3.63, 3.8) is 0 Å². The summed E-state index contributed by atoms with van der Waals surface area (Å²) in [5.74, 6) is 0.938. The summed E-state index contributed by atoms with van der Waals surface area (Å²) in [6.45, 7) is 7.71. The Labute approximate surface area is 156 Å². The average Bonchev–Trinajstić information content (AvgIpc) is 3.03. The third kappa shape index (κ3) is 4.13. The van der Waals surface area contributed by atoms with Gasteiger partial charge in [0.2, 0.25) is 0 Å². The second-order valence-electron chi connectivity index (χ2n) is 7.18. The number of amides is 1. The molecule has 3 rings (SSSR count). The van der Waals surface area contributed by atoms with Crippen LogP contribution in [0.5, 0.6) is 0 Å². The Hall–Kier alpha value is -1.04. The first-order chi connectivity index (χ1) is 10.5. The molecule has 2 N–H and O–H groups in total. The van der Waals surface area contributed by atoms with Crippen molar-refractivity contribution in [1.82, 2.24) is 9.88 Å². The van der Waals surface area contributed by atoms with Crippen LogP contribution in [-0.2, 0) is 0 Å². The minimum Gasteiger partial charge on any atom is -0.356 e. The highest BCUT2D eigenvalue weighted by Crippen LogP contribution is 2.30. The molecule has 3 heterocycles. The van der Waals surface area contributed by atoms with Gasteiger partial charge in [-0.25, -0.2) is 4.98 Å². The molecule has 2 fully saturated rings. The first-order valence-electron chi connectivity index (χ1n) is 8.24. The fourth-order valence-corrected chi connectivity index (χ4v) is 3.46. The lowest BCUT2D eigenvalue weighted by Crippen LogP contribution is -2.54. The molecule has 136 valence electrons. The standard InChI is InChI=1S/C17H26N4O.2ClH/c1-17(2)12-21(11-7-14(17)18)16(22)13-6-5-8-19-15(13)20-9-3-4-10-20;;/h5-6,8,14H,3-4,7,9-12,18H2,1-2H3;2*1H. The van der Waals surface area contributed by atoms with Gasteiger partial charge in [-0.05, 0) is 36.8 Å². The fraction of sp³-hybridized carbons (Fsp3) is 0.647. The van der Waals surface area contributed by atoms with Crippen molar-refractivity contribution in [2.24, 2.45) is 11.1 Å². The SMILES string of the molecule is CC1(C)CN(C(=O)c2cccnc2N2CCCC2)CCC1N.Cl.Cl. The van der Waals surface area contributed by atoms with E-state index < -0.39 is 0 Å². The van der Waals surface area contributed by atoms with Gasteiger partial charge < -0.3 is 15.5 Å². The number of likely N-dealkylation sites (tertiary alicyclic amines) is 1. The Balaban J connectivity index is 0.00000144. The summed E-state index contributed by atoms with van der Waals surface area (Å²) in [6.07, 6.45) is 4.99. The summed E-state index contributed by atoms with van der Waals surface area (Å²) in [7, 11) is 0. The van der Waals surface area contributed by atoms with E-state index in [-0.39, 0.29) is 42.2 Å². The van der Waals surface area contributed by atoms with E-state index in [1.165, 1.54) is 12.8 Å². The summed E-state index contributed by atoms with van der Waals surface area (Å²) in [5, 5.41) is 0. The molecule has 0 aliphatic carbocycles. The number of nitrogens with zero attached hydrogens (tertiary/aromatic N) is 3. The lowest BCUT2D eigenvalue weighted by Gasteiger charge is -2.42. The molecular formula is C17H28Cl2N4O. The number of nitrogens with two attached hydrogens (primary N) is 1. The molecule has 2 saturated heterocycles. The van der Waals surface area contributed by atoms with Crippen LogP contribution < -0.4 is 10.6 Å². The molecule has 1 aromatic heterocycles. The monoisotopic (exact) mass is 374 g/mol. The number of hydrogen-bond acceptors (Lipinski definition) is 4. The molecule has 0 bridgehead atoms. The Morgan fingerprint density at radius 2 is 1.92 bits per heavy atom. The molecule has 5 nitrogen and oxygen atoms in total. The topological polar surface area (TPSA) is 62.5 Å². The molecular weight excluding hydrogens is 347 g/mol. The lowest BCUT2D eigenvalue weighted by molar-refractivity contribution is 0.0533. The van der Waals surface area contributed by atoms with Gasteiger partial charge in [-0.3, -0.25) is 4.79 Å². The molecule has 2 aliphatic rings. The van der Waals surface area contributed by atoms with Crippen LogP contribution >= 0.6 is 24.8 Å². The van der Waals surface area contributed by atoms with Gasteiger partial charge in [0.1, 0.15) is 5.82 Å². The molecule has 24 heavy (non-hydrogen) atoms. The van der Waals surface area contributed by atoms with Gasteiger partial charge in [-0.2, -0.15) is 0 Å². The molecule has 2 aliphatic heterocycles. The molecule has 0 aromatic carbocycles. The van der Waals surface area contributed by atoms with E-state index in [0.717, 1.165) is 37.4 Å². The van der Waals surface area contributed by atoms with Gasteiger partial charge in [-0.1, -0.05) is 13.8 Å². The van der Waals surface area contributed by atoms with E-state index in [0.29, 0.717) is 6.54 Å². The molecule has 1 unspecified atom stereocenters. The van der Waals surface area contributed by atoms with Crippen molar-refractivity contribution in [3.05, 3.63) is 23.9 Å². The van der Waals surface area contributed by atoms with Crippen LogP contribution in [0.2, 0.25) is 0 Å². The minimum atomic E-state index is -0.0378. The summed E-state index contributed by atoms with van der Waals surface area (Å²) in [6, 6.07) is 3.92. The summed E-state index contributed by atoms with van der Waals surface area (Å²) in [4.78, 5) is 21.6. The van der Waals surface area contributed by atoms with Gasteiger partial charge in [0.05, 0.1) is 5.56 Å². The van der Waals surface area contributed by atoms with Gasteiger partial charge >= 0.3 is 0 Å². The van der Waals surface area contributed by atoms with Gasteiger partial charge in [0.15, 0.2) is 0 Å². The van der Waals surface area contributed by atoms with Crippen LogP contribution in [0.1, 0.15) is 43.5 Å². The van der Waals surface area contributed by atoms with Crippen LogP contribution in [-0.4, -0.2) is 48.0 Å². The smallest absolute Gasteiger partial charge is 0.257 e. The summed E-state index contributed by atoms with van der Waals surface area (Å²) < 4.78 is 0. The highest BCUT2D eigenvalue weighted by molar-refractivity contribution is 5.99. The largest absolute Gasteiger partial charge is 0.356 e. The quantitative estimate of drug-likeness (QED) is 0.864. The highest BCUT2D eigenvalue weighted by atomic mass is 35.5. The van der Waals surface area contributed by atoms with Crippen LogP contribution in [0.15, 0.2) is 18.3 Å². The van der Waals surface area contributed by atoms with Crippen molar-refractivity contribution < 1.29 is 4.79 Å². The van der Waals surface area contributed by atoms with Gasteiger partial charge in [0, 0.05) is 38.4 Å². The molecule has 7 heteroatoms. The second kappa shape index (κ2) is 8.37. The van der Waals surface area contributed by atoms with Crippen molar-refractivity contribution in [3.8, 4) is 0 Å². The number of hydrogen-bond donors (Lipinski definition) is 1. The molecule has 0 spiro atoms. The number of piperidine rings is 1. The van der Waals surface area contributed by atoms with Gasteiger partial charge in [-0.15, -0.1) is 24.8 Å². The van der Waals surface area contributed by atoms with Crippen molar-refractivity contribution in [2.45, 2.75) is 39.2 Å². The summed E-state index contributed by atoms with van der Waals surface area (Å²) >= 11 is 0. The first-order valence-corrected chi connectivity index (χ1v) is 8.24. The minimum absolute atomic E-state index is 0. The fourth-order valence-electron chi connectivity index (χ4n) is 3.46. The summed E-state index contributed by atoms with van der Waals surface area (Å²) in [5.41, 5.74) is 6.88. The van der Waals surface area contributed by atoms with E-state index in [9.17, 15) is 4.79 Å². The number of carbonyl (C=O) groups is 1. The van der Waals surface area contributed by atoms with Gasteiger partial charge in [0.25, 0.3) is 5.91 Å². The number of rotatable bonds is 2. The zero-order chi connectivity index (χ0) is 15.7. The average molecular weight is 375 g/mol. The number of aromatic nitrogens is 1. The Morgan fingerprint density at radius 3 is 2.54 bits per heavy atom. The normalized spacial score (nSPS) is 22.5. The lowest BCUT2D eigenvalue weighted by atomic mass is 9.79. The number of carbonyl (C=O) groups excluding carboxylic acids is 1. The third-order valence-electron chi connectivity index (χ3n) is 5.02. The van der Waals surface area contributed by atoms with Crippen LogP contribution in [0.25, 0.3) is 0 Å². The zero-order valence-electron chi connectivity index (χ0n) is 14.4. The molecule has 1 aromatic rings. The van der Waals surface area contributed by atoms with Crippen molar-refractivity contribution in [2.75, 3.05) is 31.1 Å². The Kier molecular flexibility index (Phi) is 7.32. The number of pyridine rings is 1. The number of halogens is 2.